The zero-order chi connectivity index (χ0) is 15.4. The van der Waals surface area contributed by atoms with Gasteiger partial charge in [-0.3, -0.25) is 4.79 Å². The Morgan fingerprint density at radius 1 is 1.33 bits per heavy atom. The maximum Gasteiger partial charge on any atom is 0.346 e. The van der Waals surface area contributed by atoms with Crippen molar-refractivity contribution in [3.8, 4) is 0 Å². The second-order valence-electron chi connectivity index (χ2n) is 4.31. The first-order valence-corrected chi connectivity index (χ1v) is 6.85. The number of carbonyl (C=O) groups is 2. The van der Waals surface area contributed by atoms with E-state index in [1.54, 1.807) is 25.1 Å². The molecule has 2 rings (SSSR count). The number of halogens is 1. The summed E-state index contributed by atoms with van der Waals surface area (Å²) in [6.07, 6.45) is 2.75. The van der Waals surface area contributed by atoms with Gasteiger partial charge >= 0.3 is 5.97 Å². The number of amides is 1. The maximum atomic E-state index is 13.0. The summed E-state index contributed by atoms with van der Waals surface area (Å²) in [7, 11) is 0. The fraction of sp³-hybridized carbons (Fsp3) is 0.0667. The lowest BCUT2D eigenvalue weighted by atomic mass is 10.2. The molecule has 0 saturated heterocycles. The van der Waals surface area contributed by atoms with Crippen LogP contribution in [0.25, 0.3) is 6.08 Å². The molecule has 1 aromatic heterocycles. The average Bonchev–Trinajstić information content (AvgIpc) is 2.77. The van der Waals surface area contributed by atoms with Crippen molar-refractivity contribution in [2.45, 2.75) is 6.92 Å². The summed E-state index contributed by atoms with van der Waals surface area (Å²) in [6, 6.07) is 7.45. The highest BCUT2D eigenvalue weighted by molar-refractivity contribution is 7.18. The first kappa shape index (κ1) is 14.9. The number of thiophene rings is 1. The van der Waals surface area contributed by atoms with Gasteiger partial charge in [-0.15, -0.1) is 11.3 Å². The summed E-state index contributed by atoms with van der Waals surface area (Å²) in [5.41, 5.74) is 1.16. The van der Waals surface area contributed by atoms with Gasteiger partial charge in [-0.2, -0.15) is 0 Å². The molecular formula is C15H12FNO3S. The Morgan fingerprint density at radius 3 is 2.71 bits per heavy atom. The largest absolute Gasteiger partial charge is 0.477 e. The molecule has 1 amide bonds. The van der Waals surface area contributed by atoms with Crippen molar-refractivity contribution < 1.29 is 19.1 Å². The van der Waals surface area contributed by atoms with E-state index in [4.69, 9.17) is 5.11 Å². The number of carboxylic acid groups (broad SMARTS) is 1. The van der Waals surface area contributed by atoms with Crippen LogP contribution in [0.3, 0.4) is 0 Å². The molecule has 0 aliphatic carbocycles. The van der Waals surface area contributed by atoms with Crippen LogP contribution in [0, 0.1) is 12.7 Å². The number of aromatic carboxylic acids is 1. The van der Waals surface area contributed by atoms with Crippen LogP contribution in [-0.4, -0.2) is 17.0 Å². The third kappa shape index (κ3) is 4.00. The van der Waals surface area contributed by atoms with Gasteiger partial charge in [-0.25, -0.2) is 9.18 Å². The van der Waals surface area contributed by atoms with E-state index in [2.05, 4.69) is 5.32 Å². The molecule has 6 heteroatoms. The van der Waals surface area contributed by atoms with Crippen molar-refractivity contribution in [1.29, 1.82) is 0 Å². The average molecular weight is 305 g/mol. The highest BCUT2D eigenvalue weighted by atomic mass is 32.1. The molecule has 0 atom stereocenters. The standard InChI is InChI=1S/C15H12FNO3S/c1-9-7-13(21-14(9)15(19)20)17-12(18)6-5-10-3-2-4-11(16)8-10/h2-8H,1H3,(H,17,18)(H,19,20)/b6-5+. The van der Waals surface area contributed by atoms with Gasteiger partial charge in [0.25, 0.3) is 0 Å². The molecule has 0 bridgehead atoms. The molecule has 21 heavy (non-hydrogen) atoms. The second kappa shape index (κ2) is 6.32. The van der Waals surface area contributed by atoms with Crippen LogP contribution in [0.15, 0.2) is 36.4 Å². The van der Waals surface area contributed by atoms with Gasteiger partial charge in [0.1, 0.15) is 10.7 Å². The number of benzene rings is 1. The summed E-state index contributed by atoms with van der Waals surface area (Å²) in [6.45, 7) is 1.66. The number of carbonyl (C=O) groups excluding carboxylic acids is 1. The molecule has 4 nitrogen and oxygen atoms in total. The fourth-order valence-corrected chi connectivity index (χ4v) is 2.62. The zero-order valence-electron chi connectivity index (χ0n) is 11.1. The van der Waals surface area contributed by atoms with Crippen LogP contribution < -0.4 is 5.32 Å². The van der Waals surface area contributed by atoms with Crippen LogP contribution in [0.4, 0.5) is 9.39 Å². The maximum absolute atomic E-state index is 13.0. The van der Waals surface area contributed by atoms with Gasteiger partial charge in [0.15, 0.2) is 0 Å². The molecule has 0 fully saturated rings. The third-order valence-electron chi connectivity index (χ3n) is 2.63. The van der Waals surface area contributed by atoms with Gasteiger partial charge in [0.2, 0.25) is 5.91 Å². The first-order chi connectivity index (χ1) is 9.95. The Kier molecular flexibility index (Phi) is 4.49. The smallest absolute Gasteiger partial charge is 0.346 e. The molecular weight excluding hydrogens is 293 g/mol. The normalized spacial score (nSPS) is 10.8. The monoisotopic (exact) mass is 305 g/mol. The minimum atomic E-state index is -1.02. The van der Waals surface area contributed by atoms with Crippen molar-refractivity contribution in [3.63, 3.8) is 0 Å². The number of hydrogen-bond donors (Lipinski definition) is 2. The predicted molar refractivity (Wildman–Crippen MR) is 80.1 cm³/mol. The SMILES string of the molecule is Cc1cc(NC(=O)/C=C/c2cccc(F)c2)sc1C(=O)O. The number of anilines is 1. The second-order valence-corrected chi connectivity index (χ2v) is 5.36. The summed E-state index contributed by atoms with van der Waals surface area (Å²) in [5, 5.41) is 12.0. The Hall–Kier alpha value is -2.47. The minimum absolute atomic E-state index is 0.194. The number of aryl methyl sites for hydroxylation is 1. The Morgan fingerprint density at radius 2 is 2.10 bits per heavy atom. The molecule has 0 saturated carbocycles. The summed E-state index contributed by atoms with van der Waals surface area (Å²) < 4.78 is 13.0. The van der Waals surface area contributed by atoms with E-state index in [0.29, 0.717) is 16.1 Å². The van der Waals surface area contributed by atoms with Crippen molar-refractivity contribution in [1.82, 2.24) is 0 Å². The van der Waals surface area contributed by atoms with E-state index in [1.807, 2.05) is 0 Å². The predicted octanol–water partition coefficient (Wildman–Crippen LogP) is 3.55. The van der Waals surface area contributed by atoms with Crippen LogP contribution in [0.5, 0.6) is 0 Å². The molecule has 108 valence electrons. The lowest BCUT2D eigenvalue weighted by Gasteiger charge is -1.97. The summed E-state index contributed by atoms with van der Waals surface area (Å²) in [4.78, 5) is 22.8. The summed E-state index contributed by atoms with van der Waals surface area (Å²) in [5.74, 6) is -1.80. The van der Waals surface area contributed by atoms with E-state index < -0.39 is 11.9 Å². The van der Waals surface area contributed by atoms with E-state index in [-0.39, 0.29) is 10.7 Å². The molecule has 0 aliphatic heterocycles. The quantitative estimate of drug-likeness (QED) is 0.849. The van der Waals surface area contributed by atoms with Gasteiger partial charge in [-0.05, 0) is 42.3 Å². The molecule has 1 aromatic carbocycles. The van der Waals surface area contributed by atoms with Gasteiger partial charge in [0.05, 0.1) is 5.00 Å². The van der Waals surface area contributed by atoms with Gasteiger partial charge in [0, 0.05) is 6.08 Å². The Labute approximate surface area is 124 Å². The number of hydrogen-bond acceptors (Lipinski definition) is 3. The molecule has 0 aliphatic rings. The van der Waals surface area contributed by atoms with Gasteiger partial charge in [-0.1, -0.05) is 12.1 Å². The van der Waals surface area contributed by atoms with Crippen LogP contribution in [0.2, 0.25) is 0 Å². The molecule has 2 aromatic rings. The summed E-state index contributed by atoms with van der Waals surface area (Å²) >= 11 is 0.995. The fourth-order valence-electron chi connectivity index (χ4n) is 1.70. The minimum Gasteiger partial charge on any atom is -0.477 e. The van der Waals surface area contributed by atoms with E-state index in [0.717, 1.165) is 11.3 Å². The van der Waals surface area contributed by atoms with Crippen molar-refractivity contribution in [3.05, 3.63) is 58.2 Å². The topological polar surface area (TPSA) is 66.4 Å². The Balaban J connectivity index is 2.05. The van der Waals surface area contributed by atoms with Crippen LogP contribution in [0.1, 0.15) is 20.8 Å². The molecule has 2 N–H and O–H groups in total. The molecule has 0 spiro atoms. The van der Waals surface area contributed by atoms with Crippen molar-refractivity contribution in [2.24, 2.45) is 0 Å². The van der Waals surface area contributed by atoms with Crippen molar-refractivity contribution in [2.75, 3.05) is 5.32 Å². The Bertz CT molecular complexity index is 721. The zero-order valence-corrected chi connectivity index (χ0v) is 11.9. The van der Waals surface area contributed by atoms with E-state index in [9.17, 15) is 14.0 Å². The molecule has 0 radical (unpaired) electrons. The highest BCUT2D eigenvalue weighted by Crippen LogP contribution is 2.26. The van der Waals surface area contributed by atoms with Crippen molar-refractivity contribution >= 4 is 34.3 Å². The van der Waals surface area contributed by atoms with E-state index >= 15 is 0 Å². The number of nitrogens with one attached hydrogen (secondary N) is 1. The first-order valence-electron chi connectivity index (χ1n) is 6.04. The lowest BCUT2D eigenvalue weighted by molar-refractivity contribution is -0.111. The third-order valence-corrected chi connectivity index (χ3v) is 3.77. The van der Waals surface area contributed by atoms with Crippen LogP contribution in [-0.2, 0) is 4.79 Å². The number of rotatable bonds is 4. The lowest BCUT2D eigenvalue weighted by Crippen LogP contribution is -2.06. The molecule has 0 unspecified atom stereocenters. The van der Waals surface area contributed by atoms with Crippen LogP contribution >= 0.6 is 11.3 Å². The highest BCUT2D eigenvalue weighted by Gasteiger charge is 2.12. The molecule has 1 heterocycles. The van der Waals surface area contributed by atoms with E-state index in [1.165, 1.54) is 24.3 Å². The van der Waals surface area contributed by atoms with Gasteiger partial charge < -0.3 is 10.4 Å². The number of carboxylic acids is 1.